The Morgan fingerprint density at radius 1 is 1.18 bits per heavy atom. The molecule has 3 rings (SSSR count). The molecule has 0 aliphatic heterocycles. The van der Waals surface area contributed by atoms with Gasteiger partial charge in [-0.1, -0.05) is 0 Å². The quantitative estimate of drug-likeness (QED) is 0.793. The normalized spacial score (nSPS) is 9.95. The summed E-state index contributed by atoms with van der Waals surface area (Å²) in [7, 11) is 0. The highest BCUT2D eigenvalue weighted by atomic mass is 16.1. The number of hydrogen-bond donors (Lipinski definition) is 1. The van der Waals surface area contributed by atoms with Gasteiger partial charge in [-0.2, -0.15) is 5.26 Å². The van der Waals surface area contributed by atoms with E-state index in [0.29, 0.717) is 22.8 Å². The smallest absolute Gasteiger partial charge is 0.255 e. The van der Waals surface area contributed by atoms with E-state index in [4.69, 9.17) is 5.26 Å². The fraction of sp³-hybridized carbons (Fsp3) is 0. The highest BCUT2D eigenvalue weighted by Crippen LogP contribution is 2.09. The van der Waals surface area contributed by atoms with Crippen molar-refractivity contribution in [2.24, 2.45) is 0 Å². The van der Waals surface area contributed by atoms with Crippen molar-refractivity contribution in [3.05, 3.63) is 66.5 Å². The van der Waals surface area contributed by atoms with Crippen LogP contribution in [-0.4, -0.2) is 25.4 Å². The summed E-state index contributed by atoms with van der Waals surface area (Å²) < 4.78 is 1.66. The maximum Gasteiger partial charge on any atom is 0.255 e. The van der Waals surface area contributed by atoms with Crippen LogP contribution in [0.25, 0.3) is 5.95 Å². The summed E-state index contributed by atoms with van der Waals surface area (Å²) in [5, 5.41) is 11.4. The first-order chi connectivity index (χ1) is 10.8. The van der Waals surface area contributed by atoms with E-state index in [1.807, 2.05) is 6.07 Å². The fourth-order valence-corrected chi connectivity index (χ4v) is 1.80. The zero-order valence-corrected chi connectivity index (χ0v) is 11.3. The minimum atomic E-state index is -0.288. The van der Waals surface area contributed by atoms with Crippen molar-refractivity contribution >= 4 is 11.6 Å². The molecule has 1 N–H and O–H groups in total. The molecule has 106 valence electrons. The van der Waals surface area contributed by atoms with Gasteiger partial charge in [-0.3, -0.25) is 9.36 Å². The van der Waals surface area contributed by atoms with Crippen molar-refractivity contribution in [1.82, 2.24) is 19.5 Å². The lowest BCUT2D eigenvalue weighted by atomic mass is 10.1. The van der Waals surface area contributed by atoms with Gasteiger partial charge < -0.3 is 5.32 Å². The Labute approximate surface area is 125 Å². The Morgan fingerprint density at radius 3 is 2.50 bits per heavy atom. The van der Waals surface area contributed by atoms with E-state index in [0.717, 1.165) is 0 Å². The number of anilines is 1. The van der Waals surface area contributed by atoms with Crippen LogP contribution in [0.5, 0.6) is 0 Å². The number of carbonyl (C=O) groups is 1. The van der Waals surface area contributed by atoms with Crippen molar-refractivity contribution in [2.75, 3.05) is 5.32 Å². The van der Waals surface area contributed by atoms with Gasteiger partial charge in [-0.25, -0.2) is 15.0 Å². The van der Waals surface area contributed by atoms with E-state index in [9.17, 15) is 4.79 Å². The fourth-order valence-electron chi connectivity index (χ4n) is 1.80. The predicted octanol–water partition coefficient (Wildman–Crippen LogP) is 1.79. The van der Waals surface area contributed by atoms with Crippen molar-refractivity contribution < 1.29 is 4.79 Å². The summed E-state index contributed by atoms with van der Waals surface area (Å²) in [6.07, 6.45) is 7.98. The second-order valence-corrected chi connectivity index (χ2v) is 4.38. The molecule has 7 heteroatoms. The van der Waals surface area contributed by atoms with Gasteiger partial charge in [0.15, 0.2) is 0 Å². The van der Waals surface area contributed by atoms with Crippen LogP contribution in [0.15, 0.2) is 55.4 Å². The second kappa shape index (κ2) is 5.85. The lowest BCUT2D eigenvalue weighted by Crippen LogP contribution is -2.12. The predicted molar refractivity (Wildman–Crippen MR) is 78.3 cm³/mol. The number of benzene rings is 1. The molecule has 2 aromatic heterocycles. The largest absolute Gasteiger partial charge is 0.319 e. The molecule has 0 atom stereocenters. The van der Waals surface area contributed by atoms with E-state index in [1.54, 1.807) is 47.6 Å². The lowest BCUT2D eigenvalue weighted by Gasteiger charge is -2.05. The lowest BCUT2D eigenvalue weighted by molar-refractivity contribution is 0.102. The number of nitrogens with zero attached hydrogens (tertiary/aromatic N) is 5. The molecule has 22 heavy (non-hydrogen) atoms. The summed E-state index contributed by atoms with van der Waals surface area (Å²) in [4.78, 5) is 24.3. The molecule has 0 saturated heterocycles. The zero-order chi connectivity index (χ0) is 15.4. The van der Waals surface area contributed by atoms with Gasteiger partial charge in [-0.05, 0) is 24.3 Å². The number of hydrogen-bond acceptors (Lipinski definition) is 5. The summed E-state index contributed by atoms with van der Waals surface area (Å²) in [5.41, 5.74) is 1.44. The van der Waals surface area contributed by atoms with Crippen LogP contribution in [0.4, 0.5) is 5.69 Å². The van der Waals surface area contributed by atoms with Crippen LogP contribution in [0.3, 0.4) is 0 Å². The Kier molecular flexibility index (Phi) is 3.58. The van der Waals surface area contributed by atoms with Crippen LogP contribution < -0.4 is 5.32 Å². The van der Waals surface area contributed by atoms with E-state index in [1.165, 1.54) is 12.4 Å². The third kappa shape index (κ3) is 2.81. The average molecular weight is 290 g/mol. The second-order valence-electron chi connectivity index (χ2n) is 4.38. The molecule has 7 nitrogen and oxygen atoms in total. The standard InChI is InChI=1S/C15H10N6O/c16-7-11-1-3-12(4-2-11)14(22)20-13-8-18-15(19-9-13)21-6-5-17-10-21/h1-6,8-10H,(H,20,22). The van der Waals surface area contributed by atoms with Gasteiger partial charge in [0.2, 0.25) is 5.95 Å². The van der Waals surface area contributed by atoms with Gasteiger partial charge in [0.05, 0.1) is 29.7 Å². The van der Waals surface area contributed by atoms with Crippen molar-refractivity contribution in [3.63, 3.8) is 0 Å². The van der Waals surface area contributed by atoms with Crippen LogP contribution in [0.1, 0.15) is 15.9 Å². The van der Waals surface area contributed by atoms with Gasteiger partial charge >= 0.3 is 0 Å². The van der Waals surface area contributed by atoms with Crippen molar-refractivity contribution in [1.29, 1.82) is 5.26 Å². The molecule has 1 aromatic carbocycles. The monoisotopic (exact) mass is 290 g/mol. The molecule has 0 aliphatic rings. The molecule has 0 spiro atoms. The molecule has 0 unspecified atom stereocenters. The Bertz CT molecular complexity index is 816. The number of nitrogens with one attached hydrogen (secondary N) is 1. The number of rotatable bonds is 3. The number of aromatic nitrogens is 4. The highest BCUT2D eigenvalue weighted by molar-refractivity contribution is 6.04. The van der Waals surface area contributed by atoms with Gasteiger partial charge in [-0.15, -0.1) is 0 Å². The van der Waals surface area contributed by atoms with Crippen LogP contribution in [-0.2, 0) is 0 Å². The summed E-state index contributed by atoms with van der Waals surface area (Å²) in [6.45, 7) is 0. The molecular weight excluding hydrogens is 280 g/mol. The number of nitriles is 1. The summed E-state index contributed by atoms with van der Waals surface area (Å²) in [6, 6.07) is 8.37. The van der Waals surface area contributed by atoms with E-state index >= 15 is 0 Å². The molecule has 2 heterocycles. The van der Waals surface area contributed by atoms with Crippen LogP contribution in [0.2, 0.25) is 0 Å². The Balaban J connectivity index is 1.72. The minimum absolute atomic E-state index is 0.288. The summed E-state index contributed by atoms with van der Waals surface area (Å²) in [5.74, 6) is 0.178. The molecular formula is C15H10N6O. The molecule has 1 amide bonds. The van der Waals surface area contributed by atoms with Crippen molar-refractivity contribution in [3.8, 4) is 12.0 Å². The topological polar surface area (TPSA) is 96.5 Å². The van der Waals surface area contributed by atoms with Gasteiger partial charge in [0, 0.05) is 18.0 Å². The first kappa shape index (κ1) is 13.5. The zero-order valence-electron chi connectivity index (χ0n) is 11.3. The van der Waals surface area contributed by atoms with Crippen LogP contribution >= 0.6 is 0 Å². The van der Waals surface area contributed by atoms with Crippen LogP contribution in [0, 0.1) is 11.3 Å². The molecule has 0 radical (unpaired) electrons. The third-order valence-electron chi connectivity index (χ3n) is 2.91. The molecule has 0 bridgehead atoms. The first-order valence-electron chi connectivity index (χ1n) is 6.38. The maximum atomic E-state index is 12.1. The molecule has 0 fully saturated rings. The highest BCUT2D eigenvalue weighted by Gasteiger charge is 2.07. The SMILES string of the molecule is N#Cc1ccc(C(=O)Nc2cnc(-n3ccnc3)nc2)cc1. The molecule has 0 aliphatic carbocycles. The average Bonchev–Trinajstić information content (AvgIpc) is 3.10. The van der Waals surface area contributed by atoms with E-state index < -0.39 is 0 Å². The van der Waals surface area contributed by atoms with Gasteiger partial charge in [0.1, 0.15) is 6.33 Å². The molecule has 3 aromatic rings. The number of amides is 1. The maximum absolute atomic E-state index is 12.1. The first-order valence-corrected chi connectivity index (χ1v) is 6.38. The van der Waals surface area contributed by atoms with Gasteiger partial charge in [0.25, 0.3) is 5.91 Å². The Morgan fingerprint density at radius 2 is 1.91 bits per heavy atom. The summed E-state index contributed by atoms with van der Waals surface area (Å²) >= 11 is 0. The van der Waals surface area contributed by atoms with E-state index in [2.05, 4.69) is 20.3 Å². The van der Waals surface area contributed by atoms with Crippen molar-refractivity contribution in [2.45, 2.75) is 0 Å². The van der Waals surface area contributed by atoms with E-state index in [-0.39, 0.29) is 5.91 Å². The molecule has 0 saturated carbocycles. The Hall–Kier alpha value is -3.53. The minimum Gasteiger partial charge on any atom is -0.319 e. The number of imidazole rings is 1. The third-order valence-corrected chi connectivity index (χ3v) is 2.91. The number of carbonyl (C=O) groups excluding carboxylic acids is 1.